The SMILES string of the molecule is CC[C@H](NC(=O)CC[C@H](NC(=O)COCCOCCNC(=O)CC[C@H](NC(=O)CC(C)C(C)CCNC(=O)C(=O)O)C(=O)O)C(=O)O)C(=O)O. The summed E-state index contributed by atoms with van der Waals surface area (Å²) in [6.07, 6.45) is -0.441. The standard InChI is InChI=1S/C30H49N5O15/c1-4-19(27(41)42)33-23(37)8-6-21(29(45)46)35-25(39)16-50-14-13-49-12-11-31-22(36)7-5-20(28(43)44)34-24(38)15-18(3)17(2)9-10-32-26(40)30(47)48/h17-21H,4-16H2,1-3H3,(H,31,36)(H,32,40)(H,33,37)(H,34,38)(H,35,39)(H,41,42)(H,43,44)(H,45,46)(H,47,48)/t17?,18?,19-,20-,21-/m0/s1. The van der Waals surface area contributed by atoms with Crippen molar-refractivity contribution in [2.75, 3.05) is 39.5 Å². The molecule has 0 aromatic carbocycles. The molecule has 284 valence electrons. The molecule has 0 spiro atoms. The first-order valence-electron chi connectivity index (χ1n) is 16.0. The summed E-state index contributed by atoms with van der Waals surface area (Å²) in [5.74, 6) is -9.40. The molecule has 0 bridgehead atoms. The van der Waals surface area contributed by atoms with Gasteiger partial charge in [-0.15, -0.1) is 0 Å². The molecule has 0 aliphatic heterocycles. The van der Waals surface area contributed by atoms with Crippen LogP contribution in [0.2, 0.25) is 0 Å². The van der Waals surface area contributed by atoms with Crippen LogP contribution in [0, 0.1) is 11.8 Å². The highest BCUT2D eigenvalue weighted by Gasteiger charge is 2.25. The van der Waals surface area contributed by atoms with Crippen LogP contribution >= 0.6 is 0 Å². The molecule has 20 nitrogen and oxygen atoms in total. The van der Waals surface area contributed by atoms with Crippen molar-refractivity contribution >= 4 is 53.4 Å². The minimum atomic E-state index is -1.60. The predicted octanol–water partition coefficient (Wildman–Crippen LogP) is -1.93. The van der Waals surface area contributed by atoms with Crippen LogP contribution < -0.4 is 26.6 Å². The van der Waals surface area contributed by atoms with Gasteiger partial charge in [-0.1, -0.05) is 20.8 Å². The van der Waals surface area contributed by atoms with E-state index in [-0.39, 0.29) is 83.3 Å². The minimum Gasteiger partial charge on any atom is -0.480 e. The smallest absolute Gasteiger partial charge is 0.394 e. The van der Waals surface area contributed by atoms with E-state index in [2.05, 4.69) is 26.6 Å². The summed E-state index contributed by atoms with van der Waals surface area (Å²) in [6.45, 7) is 4.84. The Labute approximate surface area is 288 Å². The van der Waals surface area contributed by atoms with Crippen molar-refractivity contribution in [3.05, 3.63) is 0 Å². The quantitative estimate of drug-likeness (QED) is 0.0330. The number of carbonyl (C=O) groups is 9. The van der Waals surface area contributed by atoms with Crippen molar-refractivity contribution in [3.8, 4) is 0 Å². The predicted molar refractivity (Wildman–Crippen MR) is 170 cm³/mol. The number of nitrogens with one attached hydrogen (secondary N) is 5. The van der Waals surface area contributed by atoms with Crippen molar-refractivity contribution in [1.29, 1.82) is 0 Å². The number of hydrogen-bond acceptors (Lipinski definition) is 11. The van der Waals surface area contributed by atoms with Gasteiger partial charge >= 0.3 is 29.8 Å². The molecule has 0 aliphatic rings. The number of carbonyl (C=O) groups excluding carboxylic acids is 5. The topological polar surface area (TPSA) is 313 Å². The van der Waals surface area contributed by atoms with E-state index in [0.717, 1.165) is 0 Å². The van der Waals surface area contributed by atoms with E-state index < -0.39 is 78.1 Å². The van der Waals surface area contributed by atoms with Crippen LogP contribution in [0.3, 0.4) is 0 Å². The van der Waals surface area contributed by atoms with Crippen LogP contribution in [-0.2, 0) is 52.6 Å². The summed E-state index contributed by atoms with van der Waals surface area (Å²) in [7, 11) is 0. The first-order chi connectivity index (χ1) is 23.5. The molecular weight excluding hydrogens is 670 g/mol. The second-order valence-electron chi connectivity index (χ2n) is 11.4. The third kappa shape index (κ3) is 21.2. The van der Waals surface area contributed by atoms with Crippen LogP contribution in [-0.4, -0.2) is 131 Å². The highest BCUT2D eigenvalue weighted by molar-refractivity contribution is 6.31. The van der Waals surface area contributed by atoms with Gasteiger partial charge in [0.15, 0.2) is 0 Å². The third-order valence-corrected chi connectivity index (χ3v) is 7.36. The zero-order valence-electron chi connectivity index (χ0n) is 28.4. The van der Waals surface area contributed by atoms with E-state index in [1.807, 2.05) is 6.92 Å². The van der Waals surface area contributed by atoms with Gasteiger partial charge in [-0.05, 0) is 37.5 Å². The first kappa shape index (κ1) is 45.2. The monoisotopic (exact) mass is 719 g/mol. The molecule has 0 aromatic rings. The zero-order valence-corrected chi connectivity index (χ0v) is 28.4. The van der Waals surface area contributed by atoms with E-state index in [0.29, 0.717) is 6.42 Å². The Hall–Kier alpha value is -4.85. The van der Waals surface area contributed by atoms with Gasteiger partial charge < -0.3 is 56.5 Å². The summed E-state index contributed by atoms with van der Waals surface area (Å²) in [4.78, 5) is 104. The summed E-state index contributed by atoms with van der Waals surface area (Å²) < 4.78 is 10.4. The van der Waals surface area contributed by atoms with Crippen LogP contribution in [0.1, 0.15) is 65.7 Å². The summed E-state index contributed by atoms with van der Waals surface area (Å²) in [5.41, 5.74) is 0. The Balaban J connectivity index is 4.24. The van der Waals surface area contributed by atoms with E-state index in [1.54, 1.807) is 13.8 Å². The van der Waals surface area contributed by atoms with Crippen LogP contribution in [0.15, 0.2) is 0 Å². The molecule has 0 aliphatic carbocycles. The lowest BCUT2D eigenvalue weighted by Gasteiger charge is -2.21. The second-order valence-corrected chi connectivity index (χ2v) is 11.4. The molecule has 0 saturated carbocycles. The molecule has 0 rings (SSSR count). The van der Waals surface area contributed by atoms with Gasteiger partial charge in [0.25, 0.3) is 0 Å². The van der Waals surface area contributed by atoms with E-state index >= 15 is 0 Å². The summed E-state index contributed by atoms with van der Waals surface area (Å²) >= 11 is 0. The van der Waals surface area contributed by atoms with E-state index in [1.165, 1.54) is 0 Å². The fourth-order valence-electron chi connectivity index (χ4n) is 4.16. The fourth-order valence-corrected chi connectivity index (χ4v) is 4.16. The summed E-state index contributed by atoms with van der Waals surface area (Å²) in [5, 5.41) is 47.9. The Morgan fingerprint density at radius 2 is 1.08 bits per heavy atom. The number of hydrogen-bond donors (Lipinski definition) is 9. The molecule has 9 N–H and O–H groups in total. The second kappa shape index (κ2) is 25.2. The number of ether oxygens (including phenoxy) is 2. The Morgan fingerprint density at radius 3 is 1.62 bits per heavy atom. The number of carboxylic acid groups (broad SMARTS) is 4. The average Bonchev–Trinajstić information content (AvgIpc) is 3.04. The minimum absolute atomic E-state index is 0.0181. The lowest BCUT2D eigenvalue weighted by molar-refractivity contribution is -0.150. The van der Waals surface area contributed by atoms with Crippen molar-refractivity contribution in [2.24, 2.45) is 11.8 Å². The van der Waals surface area contributed by atoms with Crippen molar-refractivity contribution in [3.63, 3.8) is 0 Å². The van der Waals surface area contributed by atoms with E-state index in [4.69, 9.17) is 19.7 Å². The molecule has 0 heterocycles. The maximum Gasteiger partial charge on any atom is 0.394 e. The molecule has 0 aromatic heterocycles. The van der Waals surface area contributed by atoms with Gasteiger partial charge in [-0.25, -0.2) is 19.2 Å². The molecule has 0 radical (unpaired) electrons. The Morgan fingerprint density at radius 1 is 0.560 bits per heavy atom. The fraction of sp³-hybridized carbons (Fsp3) is 0.700. The molecule has 5 amide bonds. The molecule has 0 saturated heterocycles. The van der Waals surface area contributed by atoms with Gasteiger partial charge in [0.2, 0.25) is 23.6 Å². The lowest BCUT2D eigenvalue weighted by atomic mass is 9.89. The number of amides is 5. The van der Waals surface area contributed by atoms with Crippen molar-refractivity contribution in [2.45, 2.75) is 83.8 Å². The molecular formula is C30H49N5O15. The number of aliphatic carboxylic acids is 4. The van der Waals surface area contributed by atoms with Crippen LogP contribution in [0.25, 0.3) is 0 Å². The van der Waals surface area contributed by atoms with E-state index in [9.17, 15) is 53.4 Å². The largest absolute Gasteiger partial charge is 0.480 e. The Kier molecular flexibility index (Phi) is 22.7. The average molecular weight is 720 g/mol. The normalized spacial score (nSPS) is 13.7. The molecule has 2 unspecified atom stereocenters. The molecule has 50 heavy (non-hydrogen) atoms. The van der Waals surface area contributed by atoms with Gasteiger partial charge in [0.1, 0.15) is 24.7 Å². The third-order valence-electron chi connectivity index (χ3n) is 7.36. The van der Waals surface area contributed by atoms with Gasteiger partial charge in [0.05, 0.1) is 19.8 Å². The maximum absolute atomic E-state index is 12.4. The van der Waals surface area contributed by atoms with Crippen molar-refractivity contribution < 1.29 is 73.1 Å². The van der Waals surface area contributed by atoms with Gasteiger partial charge in [-0.2, -0.15) is 0 Å². The van der Waals surface area contributed by atoms with Gasteiger partial charge in [0, 0.05) is 32.4 Å². The lowest BCUT2D eigenvalue weighted by Crippen LogP contribution is -2.44. The highest BCUT2D eigenvalue weighted by atomic mass is 16.5. The number of carboxylic acids is 4. The zero-order chi connectivity index (χ0) is 38.2. The van der Waals surface area contributed by atoms with Crippen molar-refractivity contribution in [1.82, 2.24) is 26.6 Å². The molecule has 5 atom stereocenters. The highest BCUT2D eigenvalue weighted by Crippen LogP contribution is 2.18. The van der Waals surface area contributed by atoms with Crippen LogP contribution in [0.4, 0.5) is 0 Å². The summed E-state index contributed by atoms with van der Waals surface area (Å²) in [6, 6.07) is -3.81. The van der Waals surface area contributed by atoms with Gasteiger partial charge in [-0.3, -0.25) is 24.0 Å². The molecule has 20 heteroatoms. The first-order valence-corrected chi connectivity index (χ1v) is 16.0. The number of rotatable bonds is 27. The molecule has 0 fully saturated rings. The Bertz CT molecular complexity index is 1180. The maximum atomic E-state index is 12.4. The van der Waals surface area contributed by atoms with Crippen LogP contribution in [0.5, 0.6) is 0 Å².